The van der Waals surface area contributed by atoms with Crippen molar-refractivity contribution >= 4 is 0 Å². The minimum atomic E-state index is -0.206. The maximum absolute atomic E-state index is 12.6. The minimum Gasteiger partial charge on any atom is -0.316 e. The number of benzene rings is 1. The Morgan fingerprint density at radius 2 is 1.92 bits per heavy atom. The molecule has 0 heterocycles. The fourth-order valence-corrected chi connectivity index (χ4v) is 1.64. The molecular weight excluding hydrogens is 165 g/mol. The van der Waals surface area contributed by atoms with Gasteiger partial charge < -0.3 is 4.85 Å². The lowest BCUT2D eigenvalue weighted by Crippen LogP contribution is -2.09. The van der Waals surface area contributed by atoms with Crippen molar-refractivity contribution in [2.24, 2.45) is 0 Å². The molecule has 0 radical (unpaired) electrons. The van der Waals surface area contributed by atoms with Gasteiger partial charge in [-0.25, -0.2) is 11.0 Å². The lowest BCUT2D eigenvalue weighted by molar-refractivity contribution is 0.625. The number of rotatable bonds is 2. The van der Waals surface area contributed by atoms with Gasteiger partial charge in [-0.05, 0) is 30.5 Å². The molecule has 0 unspecified atom stereocenters. The summed E-state index contributed by atoms with van der Waals surface area (Å²) in [7, 11) is 0. The lowest BCUT2D eigenvalue weighted by Gasteiger charge is -2.07. The number of hydrogen-bond donors (Lipinski definition) is 0. The molecule has 0 bridgehead atoms. The van der Waals surface area contributed by atoms with Crippen LogP contribution in [0.25, 0.3) is 4.85 Å². The van der Waals surface area contributed by atoms with E-state index in [9.17, 15) is 4.39 Å². The molecule has 0 saturated heterocycles. The van der Waals surface area contributed by atoms with E-state index in [4.69, 9.17) is 6.57 Å². The van der Waals surface area contributed by atoms with Crippen LogP contribution in [0.5, 0.6) is 0 Å². The molecule has 2 rings (SSSR count). The molecule has 0 amide bonds. The lowest BCUT2D eigenvalue weighted by atomic mass is 9.96. The molecule has 2 heteroatoms. The number of hydrogen-bond acceptors (Lipinski definition) is 0. The molecule has 1 saturated carbocycles. The van der Waals surface area contributed by atoms with Crippen molar-refractivity contribution in [2.45, 2.75) is 18.3 Å². The van der Waals surface area contributed by atoms with Gasteiger partial charge in [0.05, 0.1) is 5.41 Å². The summed E-state index contributed by atoms with van der Waals surface area (Å²) in [6.07, 6.45) is 2.14. The zero-order valence-corrected chi connectivity index (χ0v) is 7.26. The monoisotopic (exact) mass is 175 g/mol. The standard InChI is InChI=1S/C11H10FN/c1-13-8-11(6-7-11)9-2-4-10(12)5-3-9/h2-5H,6-8H2. The summed E-state index contributed by atoms with van der Waals surface area (Å²) in [5.41, 5.74) is 1.18. The highest BCUT2D eigenvalue weighted by atomic mass is 19.1. The Kier molecular flexibility index (Phi) is 1.81. The van der Waals surface area contributed by atoms with Gasteiger partial charge in [0, 0.05) is 0 Å². The first-order valence-electron chi connectivity index (χ1n) is 4.36. The van der Waals surface area contributed by atoms with Gasteiger partial charge in [0.1, 0.15) is 5.82 Å². The molecule has 1 fully saturated rings. The second-order valence-corrected chi connectivity index (χ2v) is 3.60. The van der Waals surface area contributed by atoms with Crippen LogP contribution in [0, 0.1) is 12.4 Å². The topological polar surface area (TPSA) is 4.36 Å². The third-order valence-electron chi connectivity index (χ3n) is 2.69. The Hall–Kier alpha value is -1.36. The minimum absolute atomic E-state index is 0.0649. The van der Waals surface area contributed by atoms with Crippen molar-refractivity contribution in [2.75, 3.05) is 6.54 Å². The van der Waals surface area contributed by atoms with E-state index in [2.05, 4.69) is 4.85 Å². The van der Waals surface area contributed by atoms with Crippen molar-refractivity contribution in [3.8, 4) is 0 Å². The second-order valence-electron chi connectivity index (χ2n) is 3.60. The molecule has 0 atom stereocenters. The summed E-state index contributed by atoms with van der Waals surface area (Å²) in [6.45, 7) is 7.38. The van der Waals surface area contributed by atoms with E-state index in [1.54, 1.807) is 12.1 Å². The Labute approximate surface area is 77.0 Å². The number of nitrogens with zero attached hydrogens (tertiary/aromatic N) is 1. The van der Waals surface area contributed by atoms with Gasteiger partial charge >= 0.3 is 0 Å². The summed E-state index contributed by atoms with van der Waals surface area (Å²) in [5, 5.41) is 0. The van der Waals surface area contributed by atoms with Crippen LogP contribution in [-0.2, 0) is 5.41 Å². The van der Waals surface area contributed by atoms with E-state index in [1.807, 2.05) is 0 Å². The Balaban J connectivity index is 2.26. The molecule has 0 aliphatic heterocycles. The summed E-state index contributed by atoms with van der Waals surface area (Å²) >= 11 is 0. The van der Waals surface area contributed by atoms with Crippen molar-refractivity contribution < 1.29 is 4.39 Å². The number of halogens is 1. The van der Waals surface area contributed by atoms with Gasteiger partial charge in [0.15, 0.2) is 0 Å². The average molecular weight is 175 g/mol. The summed E-state index contributed by atoms with van der Waals surface area (Å²) in [5.74, 6) is -0.206. The fraction of sp³-hybridized carbons (Fsp3) is 0.364. The van der Waals surface area contributed by atoms with Crippen LogP contribution >= 0.6 is 0 Å². The zero-order chi connectivity index (χ0) is 9.31. The second kappa shape index (κ2) is 2.85. The molecule has 0 aromatic heterocycles. The van der Waals surface area contributed by atoms with E-state index >= 15 is 0 Å². The van der Waals surface area contributed by atoms with Gasteiger partial charge in [0.25, 0.3) is 0 Å². The highest BCUT2D eigenvalue weighted by Crippen LogP contribution is 2.48. The normalized spacial score (nSPS) is 17.8. The predicted octanol–water partition coefficient (Wildman–Crippen LogP) is 2.78. The van der Waals surface area contributed by atoms with Gasteiger partial charge in [-0.3, -0.25) is 0 Å². The van der Waals surface area contributed by atoms with Crippen LogP contribution in [0.1, 0.15) is 18.4 Å². The molecule has 1 aliphatic rings. The van der Waals surface area contributed by atoms with Crippen LogP contribution in [0.3, 0.4) is 0 Å². The maximum atomic E-state index is 12.6. The fourth-order valence-electron chi connectivity index (χ4n) is 1.64. The van der Waals surface area contributed by atoms with Crippen molar-refractivity contribution in [3.63, 3.8) is 0 Å². The first-order chi connectivity index (χ1) is 6.27. The third-order valence-corrected chi connectivity index (χ3v) is 2.69. The van der Waals surface area contributed by atoms with Gasteiger partial charge in [-0.15, -0.1) is 0 Å². The molecule has 0 spiro atoms. The van der Waals surface area contributed by atoms with Crippen LogP contribution in [-0.4, -0.2) is 6.54 Å². The highest BCUT2D eigenvalue weighted by Gasteiger charge is 2.47. The molecule has 0 N–H and O–H groups in total. The van der Waals surface area contributed by atoms with Crippen LogP contribution in [0.15, 0.2) is 24.3 Å². The summed E-state index contributed by atoms with van der Waals surface area (Å²) < 4.78 is 12.6. The Morgan fingerprint density at radius 3 is 2.38 bits per heavy atom. The molecular formula is C11H10FN. The molecule has 13 heavy (non-hydrogen) atoms. The Morgan fingerprint density at radius 1 is 1.31 bits per heavy atom. The quantitative estimate of drug-likeness (QED) is 0.609. The van der Waals surface area contributed by atoms with E-state index in [0.717, 1.165) is 18.4 Å². The SMILES string of the molecule is [C-]#[N+]CC1(c2ccc(F)cc2)CC1. The third kappa shape index (κ3) is 1.42. The van der Waals surface area contributed by atoms with Gasteiger partial charge in [-0.2, -0.15) is 0 Å². The molecule has 1 aromatic carbocycles. The van der Waals surface area contributed by atoms with Crippen molar-refractivity contribution in [1.82, 2.24) is 0 Å². The smallest absolute Gasteiger partial charge is 0.224 e. The van der Waals surface area contributed by atoms with Crippen molar-refractivity contribution in [3.05, 3.63) is 47.1 Å². The zero-order valence-electron chi connectivity index (χ0n) is 7.26. The molecule has 1 nitrogen and oxygen atoms in total. The first-order valence-corrected chi connectivity index (χ1v) is 4.36. The van der Waals surface area contributed by atoms with E-state index in [1.165, 1.54) is 12.1 Å². The largest absolute Gasteiger partial charge is 0.316 e. The Bertz CT molecular complexity index is 343. The predicted molar refractivity (Wildman–Crippen MR) is 48.8 cm³/mol. The van der Waals surface area contributed by atoms with Crippen LogP contribution in [0.4, 0.5) is 4.39 Å². The van der Waals surface area contributed by atoms with Crippen LogP contribution < -0.4 is 0 Å². The van der Waals surface area contributed by atoms with Crippen LogP contribution in [0.2, 0.25) is 0 Å². The first kappa shape index (κ1) is 8.25. The van der Waals surface area contributed by atoms with Crippen molar-refractivity contribution in [1.29, 1.82) is 0 Å². The molecule has 1 aliphatic carbocycles. The summed E-state index contributed by atoms with van der Waals surface area (Å²) in [4.78, 5) is 3.42. The van der Waals surface area contributed by atoms with Gasteiger partial charge in [-0.1, -0.05) is 12.1 Å². The van der Waals surface area contributed by atoms with E-state index < -0.39 is 0 Å². The highest BCUT2D eigenvalue weighted by molar-refractivity contribution is 5.32. The maximum Gasteiger partial charge on any atom is 0.224 e. The summed E-state index contributed by atoms with van der Waals surface area (Å²) in [6, 6.07) is 6.54. The van der Waals surface area contributed by atoms with E-state index in [0.29, 0.717) is 6.54 Å². The molecule has 1 aromatic rings. The van der Waals surface area contributed by atoms with E-state index in [-0.39, 0.29) is 11.2 Å². The van der Waals surface area contributed by atoms with Gasteiger partial charge in [0.2, 0.25) is 6.54 Å². The molecule has 66 valence electrons. The average Bonchev–Trinajstić information content (AvgIpc) is 2.87.